The summed E-state index contributed by atoms with van der Waals surface area (Å²) < 4.78 is 6.67. The van der Waals surface area contributed by atoms with Crippen molar-refractivity contribution in [3.63, 3.8) is 0 Å². The normalized spacial score (nSPS) is 23.5. The molecule has 1 aromatic carbocycles. The van der Waals surface area contributed by atoms with Crippen LogP contribution >= 0.6 is 11.8 Å². The molecule has 34 heavy (non-hydrogen) atoms. The highest BCUT2D eigenvalue weighted by Crippen LogP contribution is 2.47. The number of ether oxygens (including phenoxy) is 1. The Labute approximate surface area is 207 Å². The summed E-state index contributed by atoms with van der Waals surface area (Å²) in [5.74, 6) is 0.800. The highest BCUT2D eigenvalue weighted by Gasteiger charge is 2.46. The van der Waals surface area contributed by atoms with Gasteiger partial charge >= 0.3 is 0 Å². The van der Waals surface area contributed by atoms with Crippen molar-refractivity contribution in [1.29, 1.82) is 0 Å². The third-order valence-electron chi connectivity index (χ3n) is 6.86. The number of allylic oxidation sites excluding steroid dienone is 5. The van der Waals surface area contributed by atoms with E-state index < -0.39 is 0 Å². The van der Waals surface area contributed by atoms with Crippen LogP contribution in [-0.2, 0) is 14.3 Å². The van der Waals surface area contributed by atoms with Crippen molar-refractivity contribution in [1.82, 2.24) is 4.90 Å². The van der Waals surface area contributed by atoms with Crippen molar-refractivity contribution < 1.29 is 14.3 Å². The lowest BCUT2D eigenvalue weighted by molar-refractivity contribution is -0.132. The zero-order chi connectivity index (χ0) is 24.0. The van der Waals surface area contributed by atoms with E-state index in [1.54, 1.807) is 11.8 Å². The van der Waals surface area contributed by atoms with Crippen LogP contribution < -0.4 is 0 Å². The van der Waals surface area contributed by atoms with Gasteiger partial charge < -0.3 is 4.74 Å². The van der Waals surface area contributed by atoms with Crippen molar-refractivity contribution in [2.24, 2.45) is 0 Å². The molecule has 1 aromatic rings. The Morgan fingerprint density at radius 3 is 2.56 bits per heavy atom. The molecule has 180 valence electrons. The Bertz CT molecular complexity index is 1030. The van der Waals surface area contributed by atoms with Crippen molar-refractivity contribution in [3.05, 3.63) is 75.9 Å². The summed E-state index contributed by atoms with van der Waals surface area (Å²) in [6, 6.07) is 10.4. The topological polar surface area (TPSA) is 46.6 Å². The van der Waals surface area contributed by atoms with Crippen molar-refractivity contribution >= 4 is 29.4 Å². The standard InChI is InChI=1S/C27H29NO3S.C2H6/c29-23-21-12-6-1-2-7-13-22(21)25-26(24(23)30)32-19-27(31-25)14-17-28(18-15-27)16-8-11-20-9-4-3-5-10-20;1-2/h2-5,7-11H,1,6,12-19H2;1-2H3/b7-2-,11-8+;. The summed E-state index contributed by atoms with van der Waals surface area (Å²) in [6.07, 6.45) is 13.8. The van der Waals surface area contributed by atoms with Gasteiger partial charge in [-0.25, -0.2) is 0 Å². The maximum atomic E-state index is 12.8. The Balaban J connectivity index is 0.00000133. The molecular weight excluding hydrogens is 442 g/mol. The fraction of sp³-hybridized carbons (Fsp3) is 0.448. The minimum Gasteiger partial charge on any atom is -0.485 e. The Morgan fingerprint density at radius 2 is 1.79 bits per heavy atom. The van der Waals surface area contributed by atoms with E-state index in [1.165, 1.54) is 5.56 Å². The number of likely N-dealkylation sites (tertiary alicyclic amines) is 1. The number of piperidine rings is 1. The molecule has 0 saturated carbocycles. The second-order valence-electron chi connectivity index (χ2n) is 9.03. The zero-order valence-corrected chi connectivity index (χ0v) is 21.2. The number of carbonyl (C=O) groups is 2. The van der Waals surface area contributed by atoms with E-state index in [0.29, 0.717) is 29.1 Å². The lowest BCUT2D eigenvalue weighted by atomic mass is 9.86. The number of benzene rings is 1. The van der Waals surface area contributed by atoms with Crippen LogP contribution in [0.5, 0.6) is 0 Å². The molecule has 4 nitrogen and oxygen atoms in total. The first kappa shape index (κ1) is 24.7. The van der Waals surface area contributed by atoms with E-state index in [2.05, 4.69) is 53.5 Å². The fourth-order valence-corrected chi connectivity index (χ4v) is 6.21. The molecule has 1 saturated heterocycles. The lowest BCUT2D eigenvalue weighted by Gasteiger charge is -2.45. The molecule has 5 heteroatoms. The molecule has 5 rings (SSSR count). The lowest BCUT2D eigenvalue weighted by Crippen LogP contribution is -2.49. The molecule has 2 aliphatic heterocycles. The van der Waals surface area contributed by atoms with Crippen LogP contribution in [0.15, 0.2) is 70.4 Å². The number of hydrogen-bond donors (Lipinski definition) is 0. The average Bonchev–Trinajstić information content (AvgIpc) is 2.86. The minimum absolute atomic E-state index is 0.242. The molecule has 4 aliphatic rings. The van der Waals surface area contributed by atoms with Gasteiger partial charge in [-0.05, 0) is 31.2 Å². The van der Waals surface area contributed by atoms with E-state index in [4.69, 9.17) is 4.74 Å². The van der Waals surface area contributed by atoms with Crippen LogP contribution in [0.4, 0.5) is 0 Å². The number of rotatable bonds is 3. The number of Topliss-reactive ketones (excluding diaryl/α,β-unsaturated/α-hetero) is 2. The van der Waals surface area contributed by atoms with Gasteiger partial charge in [-0.2, -0.15) is 0 Å². The molecule has 0 bridgehead atoms. The van der Waals surface area contributed by atoms with Crippen molar-refractivity contribution in [3.8, 4) is 0 Å². The summed E-state index contributed by atoms with van der Waals surface area (Å²) in [5.41, 5.74) is 2.63. The van der Waals surface area contributed by atoms with E-state index in [1.807, 2.05) is 19.9 Å². The second-order valence-corrected chi connectivity index (χ2v) is 10.0. The molecular formula is C29H35NO3S. The molecule has 0 atom stereocenters. The first-order chi connectivity index (χ1) is 16.7. The van der Waals surface area contributed by atoms with E-state index in [-0.39, 0.29) is 17.2 Å². The summed E-state index contributed by atoms with van der Waals surface area (Å²) in [5, 5.41) is 0. The van der Waals surface area contributed by atoms with Gasteiger partial charge in [0, 0.05) is 49.4 Å². The molecule has 0 amide bonds. The minimum atomic E-state index is -0.355. The smallest absolute Gasteiger partial charge is 0.243 e. The highest BCUT2D eigenvalue weighted by atomic mass is 32.2. The van der Waals surface area contributed by atoms with Crippen molar-refractivity contribution in [2.75, 3.05) is 25.4 Å². The maximum absolute atomic E-state index is 12.8. The molecule has 0 N–H and O–H groups in total. The summed E-state index contributed by atoms with van der Waals surface area (Å²) in [7, 11) is 0. The van der Waals surface area contributed by atoms with Gasteiger partial charge in [0.05, 0.1) is 0 Å². The number of nitrogens with zero attached hydrogens (tertiary/aromatic N) is 1. The number of thioether (sulfide) groups is 1. The van der Waals surface area contributed by atoms with Gasteiger partial charge in [-0.15, -0.1) is 11.8 Å². The van der Waals surface area contributed by atoms with Gasteiger partial charge in [0.25, 0.3) is 0 Å². The quantitative estimate of drug-likeness (QED) is 0.298. The summed E-state index contributed by atoms with van der Waals surface area (Å²) >= 11 is 1.54. The Hall–Kier alpha value is -2.37. The second kappa shape index (κ2) is 11.4. The van der Waals surface area contributed by atoms with Crippen molar-refractivity contribution in [2.45, 2.75) is 58.0 Å². The predicted molar refractivity (Wildman–Crippen MR) is 140 cm³/mol. The first-order valence-electron chi connectivity index (χ1n) is 12.6. The molecule has 2 heterocycles. The molecule has 0 radical (unpaired) electrons. The molecule has 0 aromatic heterocycles. The molecule has 2 aliphatic carbocycles. The Morgan fingerprint density at radius 1 is 1.03 bits per heavy atom. The van der Waals surface area contributed by atoms with Crippen LogP contribution in [0.2, 0.25) is 0 Å². The van der Waals surface area contributed by atoms with Gasteiger partial charge in [-0.1, -0.05) is 68.5 Å². The number of hydrogen-bond acceptors (Lipinski definition) is 5. The van der Waals surface area contributed by atoms with Crippen LogP contribution in [0.1, 0.15) is 57.9 Å². The van der Waals surface area contributed by atoms with Gasteiger partial charge in [0.1, 0.15) is 16.3 Å². The van der Waals surface area contributed by atoms with Crippen LogP contribution in [0, 0.1) is 0 Å². The summed E-state index contributed by atoms with van der Waals surface area (Å²) in [6.45, 7) is 6.88. The van der Waals surface area contributed by atoms with Gasteiger partial charge in [0.15, 0.2) is 0 Å². The predicted octanol–water partition coefficient (Wildman–Crippen LogP) is 6.11. The first-order valence-corrected chi connectivity index (χ1v) is 13.6. The highest BCUT2D eigenvalue weighted by molar-refractivity contribution is 8.04. The fourth-order valence-electron chi connectivity index (χ4n) is 4.93. The number of carbonyl (C=O) groups excluding carboxylic acids is 2. The van der Waals surface area contributed by atoms with Gasteiger partial charge in [-0.3, -0.25) is 14.5 Å². The molecule has 0 unspecified atom stereocenters. The third kappa shape index (κ3) is 5.31. The third-order valence-corrected chi connectivity index (χ3v) is 8.19. The van der Waals surface area contributed by atoms with Crippen LogP contribution in [0.25, 0.3) is 6.08 Å². The van der Waals surface area contributed by atoms with E-state index in [9.17, 15) is 9.59 Å². The largest absolute Gasteiger partial charge is 0.485 e. The Kier molecular flexibility index (Phi) is 8.28. The number of fused-ring (bicyclic) bond motifs is 1. The van der Waals surface area contributed by atoms with Gasteiger partial charge in [0.2, 0.25) is 11.6 Å². The average molecular weight is 478 g/mol. The van der Waals surface area contributed by atoms with Crippen LogP contribution in [-0.4, -0.2) is 47.5 Å². The SMILES string of the molecule is CC.O=C1C(=O)C2=C(OC3(CCN(C/C=C/c4ccccc4)CC3)CS2)C2=C1CCC/C=C\C2. The van der Waals surface area contributed by atoms with Crippen LogP contribution in [0.3, 0.4) is 0 Å². The monoisotopic (exact) mass is 477 g/mol. The maximum Gasteiger partial charge on any atom is 0.243 e. The van der Waals surface area contributed by atoms with E-state index in [0.717, 1.165) is 56.6 Å². The molecule has 1 fully saturated rings. The zero-order valence-electron chi connectivity index (χ0n) is 20.3. The summed E-state index contributed by atoms with van der Waals surface area (Å²) in [4.78, 5) is 28.5. The molecule has 1 spiro atoms. The number of ketones is 2. The van der Waals surface area contributed by atoms with E-state index >= 15 is 0 Å².